The predicted molar refractivity (Wildman–Crippen MR) is 133 cm³/mol. The van der Waals surface area contributed by atoms with E-state index in [0.717, 1.165) is 49.7 Å². The normalized spacial score (nSPS) is 16.8. The fraction of sp³-hybridized carbons (Fsp3) is 0.370. The number of pyridine rings is 1. The average Bonchev–Trinajstić information content (AvgIpc) is 3.68. The Morgan fingerprint density at radius 2 is 1.89 bits per heavy atom. The molecule has 1 fully saturated rings. The molecular weight excluding hydrogens is 478 g/mol. The average molecular weight is 506 g/mol. The second kappa shape index (κ2) is 9.78. The standard InChI is InChI=1S/C27H27N3O5S/c28-15-17-10-13-23(29-16-17)36(33,34)30-20-7-5-6-19(14-20)24(18-11-12-18)25-26(31)21-8-3-1-2-4-9-22(21)35-27(25)32/h5-7,10,13-14,16,18,24,30-31H,1-4,8-9,11-12H2. The van der Waals surface area contributed by atoms with Crippen LogP contribution in [0.2, 0.25) is 0 Å². The predicted octanol–water partition coefficient (Wildman–Crippen LogP) is 4.61. The molecular formula is C27H27N3O5S. The number of aromatic hydroxyl groups is 1. The van der Waals surface area contributed by atoms with E-state index in [1.807, 2.05) is 12.1 Å². The van der Waals surface area contributed by atoms with E-state index in [1.54, 1.807) is 18.2 Å². The molecule has 2 N–H and O–H groups in total. The van der Waals surface area contributed by atoms with Crippen molar-refractivity contribution in [3.8, 4) is 11.8 Å². The molecule has 186 valence electrons. The summed E-state index contributed by atoms with van der Waals surface area (Å²) in [5.41, 5.74) is 1.80. The molecule has 0 bridgehead atoms. The quantitative estimate of drug-likeness (QED) is 0.499. The van der Waals surface area contributed by atoms with Crippen LogP contribution in [0.15, 0.2) is 56.8 Å². The van der Waals surface area contributed by atoms with Crippen molar-refractivity contribution in [2.75, 3.05) is 4.72 Å². The lowest BCUT2D eigenvalue weighted by Crippen LogP contribution is -2.19. The molecule has 36 heavy (non-hydrogen) atoms. The molecule has 1 saturated carbocycles. The molecule has 2 heterocycles. The number of sulfonamides is 1. The zero-order valence-corrected chi connectivity index (χ0v) is 20.6. The molecule has 2 aliphatic carbocycles. The van der Waals surface area contributed by atoms with Crippen LogP contribution in [0.1, 0.15) is 72.5 Å². The third kappa shape index (κ3) is 4.86. The number of fused-ring (bicyclic) bond motifs is 1. The summed E-state index contributed by atoms with van der Waals surface area (Å²) in [6.07, 6.45) is 8.36. The number of aryl methyl sites for hydroxylation is 1. The minimum atomic E-state index is -3.99. The highest BCUT2D eigenvalue weighted by Crippen LogP contribution is 2.49. The summed E-state index contributed by atoms with van der Waals surface area (Å²) in [6, 6.07) is 11.5. The molecule has 0 spiro atoms. The number of nitrogens with one attached hydrogen (secondary N) is 1. The largest absolute Gasteiger partial charge is 0.507 e. The smallest absolute Gasteiger partial charge is 0.343 e. The number of anilines is 1. The van der Waals surface area contributed by atoms with Crippen LogP contribution >= 0.6 is 0 Å². The number of hydrogen-bond donors (Lipinski definition) is 2. The third-order valence-corrected chi connectivity index (χ3v) is 8.23. The van der Waals surface area contributed by atoms with Gasteiger partial charge in [0.15, 0.2) is 5.03 Å². The molecule has 3 aromatic rings. The first kappa shape index (κ1) is 24.1. The van der Waals surface area contributed by atoms with Gasteiger partial charge in [0.2, 0.25) is 0 Å². The summed E-state index contributed by atoms with van der Waals surface area (Å²) in [5.74, 6) is 0.395. The van der Waals surface area contributed by atoms with Crippen LogP contribution in [0.3, 0.4) is 0 Å². The molecule has 2 aliphatic rings. The summed E-state index contributed by atoms with van der Waals surface area (Å²) in [4.78, 5) is 17.0. The van der Waals surface area contributed by atoms with Gasteiger partial charge in [0, 0.05) is 29.8 Å². The Kier molecular flexibility index (Phi) is 6.54. The van der Waals surface area contributed by atoms with Gasteiger partial charge in [-0.15, -0.1) is 0 Å². The lowest BCUT2D eigenvalue weighted by atomic mass is 9.85. The summed E-state index contributed by atoms with van der Waals surface area (Å²) in [6.45, 7) is 0. The second-order valence-electron chi connectivity index (χ2n) is 9.51. The molecule has 0 amide bonds. The van der Waals surface area contributed by atoms with E-state index >= 15 is 0 Å². The number of nitrogens with zero attached hydrogens (tertiary/aromatic N) is 2. The maximum Gasteiger partial charge on any atom is 0.343 e. The van der Waals surface area contributed by atoms with Crippen molar-refractivity contribution < 1.29 is 17.9 Å². The minimum absolute atomic E-state index is 0.0350. The number of benzene rings is 1. The Morgan fingerprint density at radius 1 is 1.11 bits per heavy atom. The zero-order chi connectivity index (χ0) is 25.3. The van der Waals surface area contributed by atoms with Gasteiger partial charge in [-0.1, -0.05) is 25.0 Å². The van der Waals surface area contributed by atoms with Crippen molar-refractivity contribution in [3.63, 3.8) is 0 Å². The molecule has 0 aliphatic heterocycles. The van der Waals surface area contributed by atoms with Crippen molar-refractivity contribution in [1.82, 2.24) is 4.98 Å². The Labute approximate surface area is 209 Å². The van der Waals surface area contributed by atoms with Crippen molar-refractivity contribution in [2.45, 2.75) is 62.3 Å². The molecule has 0 saturated heterocycles. The Balaban J connectivity index is 1.50. The second-order valence-corrected chi connectivity index (χ2v) is 11.1. The van der Waals surface area contributed by atoms with Crippen molar-refractivity contribution >= 4 is 15.7 Å². The molecule has 1 aromatic carbocycles. The Morgan fingerprint density at radius 3 is 2.58 bits per heavy atom. The van der Waals surface area contributed by atoms with Crippen LogP contribution in [0.4, 0.5) is 5.69 Å². The Hall–Kier alpha value is -3.64. The first-order chi connectivity index (χ1) is 17.4. The first-order valence-electron chi connectivity index (χ1n) is 12.2. The summed E-state index contributed by atoms with van der Waals surface area (Å²) < 4.78 is 34.0. The maximum absolute atomic E-state index is 13.1. The third-order valence-electron chi connectivity index (χ3n) is 6.94. The van der Waals surface area contributed by atoms with E-state index in [0.29, 0.717) is 24.3 Å². The van der Waals surface area contributed by atoms with Crippen LogP contribution in [-0.2, 0) is 22.9 Å². The van der Waals surface area contributed by atoms with Gasteiger partial charge in [0.25, 0.3) is 10.0 Å². The number of hydrogen-bond acceptors (Lipinski definition) is 7. The van der Waals surface area contributed by atoms with E-state index in [2.05, 4.69) is 9.71 Å². The van der Waals surface area contributed by atoms with Crippen LogP contribution in [-0.4, -0.2) is 18.5 Å². The summed E-state index contributed by atoms with van der Waals surface area (Å²) in [5, 5.41) is 20.0. The summed E-state index contributed by atoms with van der Waals surface area (Å²) in [7, 11) is -3.99. The van der Waals surface area contributed by atoms with E-state index in [9.17, 15) is 18.3 Å². The number of nitriles is 1. The fourth-order valence-electron chi connectivity index (χ4n) is 5.01. The molecule has 1 atom stereocenters. The van der Waals surface area contributed by atoms with Gasteiger partial charge in [-0.05, 0) is 67.9 Å². The highest BCUT2D eigenvalue weighted by atomic mass is 32.2. The van der Waals surface area contributed by atoms with Crippen molar-refractivity contribution in [2.24, 2.45) is 5.92 Å². The maximum atomic E-state index is 13.1. The molecule has 0 radical (unpaired) electrons. The molecule has 2 aromatic heterocycles. The molecule has 8 nitrogen and oxygen atoms in total. The van der Waals surface area contributed by atoms with E-state index in [1.165, 1.54) is 18.3 Å². The Bertz CT molecular complexity index is 1490. The van der Waals surface area contributed by atoms with Crippen LogP contribution in [0.5, 0.6) is 5.75 Å². The topological polar surface area (TPSA) is 133 Å². The number of aromatic nitrogens is 1. The van der Waals surface area contributed by atoms with Gasteiger partial charge < -0.3 is 9.52 Å². The van der Waals surface area contributed by atoms with E-state index in [-0.39, 0.29) is 27.8 Å². The van der Waals surface area contributed by atoms with Crippen molar-refractivity contribution in [1.29, 1.82) is 5.26 Å². The zero-order valence-electron chi connectivity index (χ0n) is 19.7. The monoisotopic (exact) mass is 505 g/mol. The van der Waals surface area contributed by atoms with Gasteiger partial charge in [0.1, 0.15) is 17.6 Å². The van der Waals surface area contributed by atoms with Crippen LogP contribution in [0, 0.1) is 17.2 Å². The van der Waals surface area contributed by atoms with E-state index in [4.69, 9.17) is 9.68 Å². The molecule has 5 rings (SSSR count). The van der Waals surface area contributed by atoms with Gasteiger partial charge >= 0.3 is 5.63 Å². The number of rotatable bonds is 6. The lowest BCUT2D eigenvalue weighted by molar-refractivity contribution is 0.382. The van der Waals surface area contributed by atoms with Gasteiger partial charge in [-0.25, -0.2) is 9.78 Å². The van der Waals surface area contributed by atoms with Crippen molar-refractivity contribution in [3.05, 3.63) is 81.0 Å². The first-order valence-corrected chi connectivity index (χ1v) is 13.7. The van der Waals surface area contributed by atoms with E-state index < -0.39 is 21.6 Å². The molecule has 9 heteroatoms. The van der Waals surface area contributed by atoms with Gasteiger partial charge in [-0.2, -0.15) is 13.7 Å². The fourth-order valence-corrected chi connectivity index (χ4v) is 5.99. The van der Waals surface area contributed by atoms with Gasteiger partial charge in [0.05, 0.1) is 11.1 Å². The van der Waals surface area contributed by atoms with Crippen LogP contribution < -0.4 is 10.3 Å². The highest BCUT2D eigenvalue weighted by molar-refractivity contribution is 7.92. The lowest BCUT2D eigenvalue weighted by Gasteiger charge is -2.22. The minimum Gasteiger partial charge on any atom is -0.507 e. The summed E-state index contributed by atoms with van der Waals surface area (Å²) >= 11 is 0. The highest BCUT2D eigenvalue weighted by Gasteiger charge is 2.38. The molecule has 1 unspecified atom stereocenters. The van der Waals surface area contributed by atoms with Crippen LogP contribution in [0.25, 0.3) is 0 Å². The SMILES string of the molecule is N#Cc1ccc(S(=O)(=O)Nc2cccc(C(c3c(O)c4c(oc3=O)CCCCCC4)C3CC3)c2)nc1. The van der Waals surface area contributed by atoms with Gasteiger partial charge in [-0.3, -0.25) is 4.72 Å².